The van der Waals surface area contributed by atoms with Crippen molar-refractivity contribution in [3.8, 4) is 5.75 Å². The summed E-state index contributed by atoms with van der Waals surface area (Å²) in [4.78, 5) is 24.1. The number of methoxy groups -OCH3 is 1. The zero-order valence-corrected chi connectivity index (χ0v) is 16.5. The van der Waals surface area contributed by atoms with Gasteiger partial charge in [0.05, 0.1) is 17.9 Å². The van der Waals surface area contributed by atoms with Gasteiger partial charge in [-0.15, -0.1) is 0 Å². The number of amides is 1. The smallest absolute Gasteiger partial charge is 0.416 e. The number of halogens is 3. The van der Waals surface area contributed by atoms with E-state index >= 15 is 0 Å². The molecule has 1 aromatic heterocycles. The summed E-state index contributed by atoms with van der Waals surface area (Å²) in [5.74, 6) is -1.64. The molecule has 0 saturated carbocycles. The summed E-state index contributed by atoms with van der Waals surface area (Å²) in [6.45, 7) is 1.53. The fourth-order valence-corrected chi connectivity index (χ4v) is 2.42. The van der Waals surface area contributed by atoms with Crippen molar-refractivity contribution in [1.29, 1.82) is 0 Å². The van der Waals surface area contributed by atoms with Crippen molar-refractivity contribution in [1.82, 2.24) is 10.2 Å². The Morgan fingerprint density at radius 3 is 2.63 bits per heavy atom. The molecule has 0 aliphatic heterocycles. The molecule has 0 fully saturated rings. The van der Waals surface area contributed by atoms with Crippen LogP contribution in [-0.2, 0) is 26.9 Å². The topological polar surface area (TPSA) is 103 Å². The van der Waals surface area contributed by atoms with E-state index in [1.807, 2.05) is 6.92 Å². The number of ether oxygens (including phenoxy) is 3. The van der Waals surface area contributed by atoms with Gasteiger partial charge in [0, 0.05) is 12.8 Å². The molecule has 1 amide bonds. The molecule has 2 aromatic rings. The maximum absolute atomic E-state index is 13.0. The molecule has 164 valence electrons. The lowest BCUT2D eigenvalue weighted by Gasteiger charge is -2.15. The Labute approximate surface area is 170 Å². The molecule has 0 spiro atoms. The maximum Gasteiger partial charge on any atom is 0.416 e. The number of alkyl halides is 3. The lowest BCUT2D eigenvalue weighted by molar-refractivity contribution is -0.137. The monoisotopic (exact) mass is 429 g/mol. The number of nitrogens with zero attached hydrogens (tertiary/aromatic N) is 1. The minimum absolute atomic E-state index is 0.00825. The highest BCUT2D eigenvalue weighted by Crippen LogP contribution is 2.35. The molecule has 0 aliphatic carbocycles. The third-order valence-corrected chi connectivity index (χ3v) is 3.82. The quantitative estimate of drug-likeness (QED) is 0.444. The molecule has 0 saturated heterocycles. The van der Waals surface area contributed by atoms with Gasteiger partial charge in [0.25, 0.3) is 5.91 Å². The first-order valence-electron chi connectivity index (χ1n) is 9.08. The first-order chi connectivity index (χ1) is 14.2. The van der Waals surface area contributed by atoms with Crippen molar-refractivity contribution in [3.63, 3.8) is 0 Å². The van der Waals surface area contributed by atoms with Gasteiger partial charge in [0.15, 0.2) is 12.3 Å². The standard InChI is InChI=1S/C19H22F3N3O5/c1-3-4-13-10-15(25-24-13)18(27)30-11-17(26)23-14-9-12(19(20,21)22)5-6-16(14)29-8-7-28-2/h5-6,9-10H,3-4,7-8,11H2,1-2H3,(H,23,26)(H,24,25). The Balaban J connectivity index is 2.03. The van der Waals surface area contributed by atoms with Crippen LogP contribution < -0.4 is 10.1 Å². The second-order valence-electron chi connectivity index (χ2n) is 6.20. The number of carbonyl (C=O) groups excluding carboxylic acids is 2. The molecule has 30 heavy (non-hydrogen) atoms. The molecule has 11 heteroatoms. The molecule has 2 N–H and O–H groups in total. The van der Waals surface area contributed by atoms with Crippen LogP contribution in [0.4, 0.5) is 18.9 Å². The van der Waals surface area contributed by atoms with E-state index in [9.17, 15) is 22.8 Å². The van der Waals surface area contributed by atoms with Gasteiger partial charge >= 0.3 is 12.1 Å². The molecule has 0 unspecified atom stereocenters. The van der Waals surface area contributed by atoms with Crippen LogP contribution in [0.3, 0.4) is 0 Å². The number of rotatable bonds is 10. The van der Waals surface area contributed by atoms with Gasteiger partial charge in [-0.1, -0.05) is 13.3 Å². The van der Waals surface area contributed by atoms with Crippen molar-refractivity contribution in [2.45, 2.75) is 25.9 Å². The lowest BCUT2D eigenvalue weighted by atomic mass is 10.1. The van der Waals surface area contributed by atoms with E-state index in [-0.39, 0.29) is 30.3 Å². The third kappa shape index (κ3) is 6.76. The van der Waals surface area contributed by atoms with Gasteiger partial charge in [0.2, 0.25) is 0 Å². The Morgan fingerprint density at radius 2 is 1.97 bits per heavy atom. The number of benzene rings is 1. The summed E-state index contributed by atoms with van der Waals surface area (Å²) in [5, 5.41) is 8.76. The number of nitrogens with one attached hydrogen (secondary N) is 2. The predicted octanol–water partition coefficient (Wildman–Crippen LogP) is 3.20. The summed E-state index contributed by atoms with van der Waals surface area (Å²) in [6, 6.07) is 4.19. The number of aromatic nitrogens is 2. The van der Waals surface area contributed by atoms with E-state index in [1.165, 1.54) is 13.2 Å². The molecule has 0 radical (unpaired) electrons. The zero-order chi connectivity index (χ0) is 22.1. The zero-order valence-electron chi connectivity index (χ0n) is 16.5. The van der Waals surface area contributed by atoms with Crippen molar-refractivity contribution >= 4 is 17.6 Å². The maximum atomic E-state index is 13.0. The number of anilines is 1. The molecule has 0 aliphatic rings. The Bertz CT molecular complexity index is 867. The van der Waals surface area contributed by atoms with E-state index in [2.05, 4.69) is 15.5 Å². The van der Waals surface area contributed by atoms with E-state index in [4.69, 9.17) is 14.2 Å². The van der Waals surface area contributed by atoms with Crippen molar-refractivity contribution in [3.05, 3.63) is 41.2 Å². The average molecular weight is 429 g/mol. The molecule has 0 bridgehead atoms. The minimum Gasteiger partial charge on any atom is -0.489 e. The number of aryl methyl sites for hydroxylation is 1. The van der Waals surface area contributed by atoms with Crippen molar-refractivity contribution in [2.75, 3.05) is 32.2 Å². The van der Waals surface area contributed by atoms with Crippen LogP contribution in [0.15, 0.2) is 24.3 Å². The van der Waals surface area contributed by atoms with E-state index < -0.39 is 30.2 Å². The molecule has 1 aromatic carbocycles. The first kappa shape index (κ1) is 23.2. The van der Waals surface area contributed by atoms with E-state index in [0.29, 0.717) is 6.42 Å². The second-order valence-corrected chi connectivity index (χ2v) is 6.20. The number of esters is 1. The molecular weight excluding hydrogens is 407 g/mol. The second kappa shape index (κ2) is 10.6. The van der Waals surface area contributed by atoms with Crippen LogP contribution in [-0.4, -0.2) is 49.0 Å². The fourth-order valence-electron chi connectivity index (χ4n) is 2.42. The fraction of sp³-hybridized carbons (Fsp3) is 0.421. The average Bonchev–Trinajstić information content (AvgIpc) is 3.15. The predicted molar refractivity (Wildman–Crippen MR) is 100 cm³/mol. The SMILES string of the molecule is CCCc1cc(C(=O)OCC(=O)Nc2cc(C(F)(F)F)ccc2OCCOC)n[nH]1. The normalized spacial score (nSPS) is 11.2. The summed E-state index contributed by atoms with van der Waals surface area (Å²) in [6.07, 6.45) is -3.06. The van der Waals surface area contributed by atoms with Gasteiger partial charge in [-0.3, -0.25) is 9.89 Å². The van der Waals surface area contributed by atoms with Gasteiger partial charge in [-0.2, -0.15) is 18.3 Å². The van der Waals surface area contributed by atoms with Gasteiger partial charge in [-0.25, -0.2) is 4.79 Å². The summed E-state index contributed by atoms with van der Waals surface area (Å²) in [7, 11) is 1.44. The number of hydrogen-bond donors (Lipinski definition) is 2. The van der Waals surface area contributed by atoms with Gasteiger partial charge in [0.1, 0.15) is 12.4 Å². The highest BCUT2D eigenvalue weighted by atomic mass is 19.4. The van der Waals surface area contributed by atoms with Crippen LogP contribution in [0, 0.1) is 0 Å². The summed E-state index contributed by atoms with van der Waals surface area (Å²) >= 11 is 0. The van der Waals surface area contributed by atoms with Gasteiger partial charge in [-0.05, 0) is 30.7 Å². The molecule has 1 heterocycles. The van der Waals surface area contributed by atoms with Crippen LogP contribution in [0.2, 0.25) is 0 Å². The first-order valence-corrected chi connectivity index (χ1v) is 9.08. The van der Waals surface area contributed by atoms with Crippen LogP contribution >= 0.6 is 0 Å². The summed E-state index contributed by atoms with van der Waals surface area (Å²) < 4.78 is 54.0. The molecule has 0 atom stereocenters. The molecule has 8 nitrogen and oxygen atoms in total. The number of carbonyl (C=O) groups is 2. The molecular formula is C19H22F3N3O5. The number of aromatic amines is 1. The highest BCUT2D eigenvalue weighted by Gasteiger charge is 2.31. The van der Waals surface area contributed by atoms with Crippen LogP contribution in [0.25, 0.3) is 0 Å². The number of hydrogen-bond acceptors (Lipinski definition) is 6. The molecule has 2 rings (SSSR count). The van der Waals surface area contributed by atoms with E-state index in [1.54, 1.807) is 0 Å². The van der Waals surface area contributed by atoms with Crippen LogP contribution in [0.5, 0.6) is 5.75 Å². The van der Waals surface area contributed by atoms with Crippen molar-refractivity contribution in [2.24, 2.45) is 0 Å². The van der Waals surface area contributed by atoms with E-state index in [0.717, 1.165) is 30.3 Å². The number of H-pyrrole nitrogens is 1. The van der Waals surface area contributed by atoms with Gasteiger partial charge < -0.3 is 19.5 Å². The Kier molecular flexibility index (Phi) is 8.22. The lowest BCUT2D eigenvalue weighted by Crippen LogP contribution is -2.22. The Hall–Kier alpha value is -3.08. The largest absolute Gasteiger partial charge is 0.489 e. The summed E-state index contributed by atoms with van der Waals surface area (Å²) in [5.41, 5.74) is -0.412. The van der Waals surface area contributed by atoms with Crippen molar-refractivity contribution < 1.29 is 37.0 Å². The highest BCUT2D eigenvalue weighted by molar-refractivity contribution is 5.95. The minimum atomic E-state index is -4.60. The third-order valence-electron chi connectivity index (χ3n) is 3.82. The Morgan fingerprint density at radius 1 is 1.20 bits per heavy atom. The van der Waals surface area contributed by atoms with Crippen LogP contribution in [0.1, 0.15) is 35.1 Å².